The molecule has 1 aliphatic heterocycles. The minimum atomic E-state index is -1.47. The Morgan fingerprint density at radius 3 is 2.33 bits per heavy atom. The van der Waals surface area contributed by atoms with E-state index in [9.17, 15) is 20.1 Å². The van der Waals surface area contributed by atoms with Gasteiger partial charge in [-0.2, -0.15) is 0 Å². The highest BCUT2D eigenvalue weighted by Gasteiger charge is 2.43. The summed E-state index contributed by atoms with van der Waals surface area (Å²) in [6, 6.07) is 0. The van der Waals surface area contributed by atoms with Crippen molar-refractivity contribution in [2.24, 2.45) is 5.92 Å². The molecule has 0 aliphatic carbocycles. The van der Waals surface area contributed by atoms with Crippen molar-refractivity contribution in [3.63, 3.8) is 0 Å². The highest BCUT2D eigenvalue weighted by atomic mass is 16.6. The number of nitrogens with one attached hydrogen (secondary N) is 1. The quantitative estimate of drug-likeness (QED) is 0.398. The number of aliphatic hydroxyl groups is 4. The van der Waals surface area contributed by atoms with Crippen LogP contribution in [0.25, 0.3) is 0 Å². The van der Waals surface area contributed by atoms with Gasteiger partial charge < -0.3 is 30.5 Å². The van der Waals surface area contributed by atoms with Gasteiger partial charge in [0, 0.05) is 6.42 Å². The van der Waals surface area contributed by atoms with Crippen LogP contribution in [0.3, 0.4) is 0 Å². The molecule has 1 rings (SSSR count). The Kier molecular flexibility index (Phi) is 5.48. The van der Waals surface area contributed by atoms with E-state index in [1.165, 1.54) is 0 Å². The monoisotopic (exact) mass is 263 g/mol. The lowest BCUT2D eigenvalue weighted by atomic mass is 9.98. The molecule has 5 N–H and O–H groups in total. The molecule has 0 spiro atoms. The van der Waals surface area contributed by atoms with Gasteiger partial charge in [-0.3, -0.25) is 4.79 Å². The number of carbonyl (C=O) groups is 1. The highest BCUT2D eigenvalue weighted by molar-refractivity contribution is 5.76. The van der Waals surface area contributed by atoms with E-state index >= 15 is 0 Å². The van der Waals surface area contributed by atoms with Gasteiger partial charge in [-0.15, -0.1) is 0 Å². The van der Waals surface area contributed by atoms with E-state index in [1.54, 1.807) is 0 Å². The van der Waals surface area contributed by atoms with Crippen molar-refractivity contribution in [3.8, 4) is 0 Å². The third-order valence-electron chi connectivity index (χ3n) is 2.79. The van der Waals surface area contributed by atoms with Gasteiger partial charge in [-0.05, 0) is 5.92 Å². The molecule has 0 radical (unpaired) electrons. The Morgan fingerprint density at radius 1 is 1.22 bits per heavy atom. The molecule has 2 unspecified atom stereocenters. The lowest BCUT2D eigenvalue weighted by Crippen LogP contribution is -2.63. The van der Waals surface area contributed by atoms with E-state index in [-0.39, 0.29) is 18.2 Å². The Bertz CT molecular complexity index is 283. The number of hydrogen-bond acceptors (Lipinski definition) is 6. The zero-order chi connectivity index (χ0) is 13.9. The largest absolute Gasteiger partial charge is 0.394 e. The average Bonchev–Trinajstić information content (AvgIpc) is 2.29. The Hall–Kier alpha value is -0.730. The highest BCUT2D eigenvalue weighted by Crippen LogP contribution is 2.19. The average molecular weight is 263 g/mol. The SMILES string of the molecule is CC(C)CC(=O)N[C@@H]1O[C@H](CO)[C@@H](O)C(O)C1O. The molecule has 5 atom stereocenters. The first kappa shape index (κ1) is 15.3. The number of aliphatic hydroxyl groups excluding tert-OH is 4. The number of carbonyl (C=O) groups excluding carboxylic acids is 1. The van der Waals surface area contributed by atoms with Crippen molar-refractivity contribution >= 4 is 5.91 Å². The number of amides is 1. The van der Waals surface area contributed by atoms with Gasteiger partial charge in [-0.1, -0.05) is 13.8 Å². The van der Waals surface area contributed by atoms with Crippen LogP contribution < -0.4 is 5.32 Å². The summed E-state index contributed by atoms with van der Waals surface area (Å²) in [7, 11) is 0. The summed E-state index contributed by atoms with van der Waals surface area (Å²) in [5.41, 5.74) is 0. The summed E-state index contributed by atoms with van der Waals surface area (Å²) in [4.78, 5) is 11.5. The summed E-state index contributed by atoms with van der Waals surface area (Å²) in [6.07, 6.45) is -6.20. The van der Waals surface area contributed by atoms with E-state index in [0.717, 1.165) is 0 Å². The molecule has 106 valence electrons. The first-order valence-electron chi connectivity index (χ1n) is 5.96. The zero-order valence-electron chi connectivity index (χ0n) is 10.5. The molecule has 0 aromatic rings. The van der Waals surface area contributed by atoms with E-state index in [4.69, 9.17) is 9.84 Å². The predicted octanol–water partition coefficient (Wildman–Crippen LogP) is -2.05. The van der Waals surface area contributed by atoms with Crippen molar-refractivity contribution in [2.75, 3.05) is 6.61 Å². The fourth-order valence-electron chi connectivity index (χ4n) is 1.81. The van der Waals surface area contributed by atoms with Crippen LogP contribution in [0.1, 0.15) is 20.3 Å². The molecule has 1 aliphatic rings. The van der Waals surface area contributed by atoms with Crippen molar-refractivity contribution in [2.45, 2.75) is 50.9 Å². The predicted molar refractivity (Wildman–Crippen MR) is 61.4 cm³/mol. The maximum Gasteiger partial charge on any atom is 0.222 e. The van der Waals surface area contributed by atoms with Crippen LogP contribution in [0.2, 0.25) is 0 Å². The molecule has 1 amide bonds. The molecule has 0 bridgehead atoms. The molecule has 0 aromatic heterocycles. The van der Waals surface area contributed by atoms with Crippen molar-refractivity contribution in [3.05, 3.63) is 0 Å². The normalized spacial score (nSPS) is 36.7. The molecule has 18 heavy (non-hydrogen) atoms. The lowest BCUT2D eigenvalue weighted by Gasteiger charge is -2.40. The first-order valence-corrected chi connectivity index (χ1v) is 5.96. The molecule has 7 nitrogen and oxygen atoms in total. The van der Waals surface area contributed by atoms with Gasteiger partial charge >= 0.3 is 0 Å². The lowest BCUT2D eigenvalue weighted by molar-refractivity contribution is -0.236. The topological polar surface area (TPSA) is 119 Å². The number of ether oxygens (including phenoxy) is 1. The van der Waals surface area contributed by atoms with E-state index in [0.29, 0.717) is 0 Å². The molecule has 0 saturated carbocycles. The van der Waals surface area contributed by atoms with Gasteiger partial charge in [0.25, 0.3) is 0 Å². The van der Waals surface area contributed by atoms with Gasteiger partial charge in [0.2, 0.25) is 5.91 Å². The molecule has 1 saturated heterocycles. The van der Waals surface area contributed by atoms with Gasteiger partial charge in [0.05, 0.1) is 6.61 Å². The molecule has 7 heteroatoms. The second-order valence-corrected chi connectivity index (χ2v) is 4.91. The molecule has 0 aromatic carbocycles. The third-order valence-corrected chi connectivity index (χ3v) is 2.79. The van der Waals surface area contributed by atoms with Crippen LogP contribution in [-0.4, -0.2) is 63.6 Å². The summed E-state index contributed by atoms with van der Waals surface area (Å²) < 4.78 is 5.14. The zero-order valence-corrected chi connectivity index (χ0v) is 10.5. The number of hydrogen-bond donors (Lipinski definition) is 5. The van der Waals surface area contributed by atoms with E-state index < -0.39 is 37.3 Å². The van der Waals surface area contributed by atoms with Gasteiger partial charge in [0.1, 0.15) is 24.4 Å². The maximum atomic E-state index is 11.5. The molecule has 1 heterocycles. The minimum Gasteiger partial charge on any atom is -0.394 e. The van der Waals surface area contributed by atoms with Crippen LogP contribution in [-0.2, 0) is 9.53 Å². The van der Waals surface area contributed by atoms with Crippen LogP contribution in [0.5, 0.6) is 0 Å². The van der Waals surface area contributed by atoms with Crippen LogP contribution in [0.4, 0.5) is 0 Å². The van der Waals surface area contributed by atoms with Crippen molar-refractivity contribution < 1.29 is 30.0 Å². The fourth-order valence-corrected chi connectivity index (χ4v) is 1.81. The Morgan fingerprint density at radius 2 is 1.83 bits per heavy atom. The minimum absolute atomic E-state index is 0.148. The second-order valence-electron chi connectivity index (χ2n) is 4.91. The smallest absolute Gasteiger partial charge is 0.222 e. The Labute approximate surface area is 105 Å². The summed E-state index contributed by atoms with van der Waals surface area (Å²) in [6.45, 7) is 3.22. The third kappa shape index (κ3) is 3.63. The van der Waals surface area contributed by atoms with Crippen LogP contribution in [0, 0.1) is 5.92 Å². The maximum absolute atomic E-state index is 11.5. The molecule has 1 fully saturated rings. The fraction of sp³-hybridized carbons (Fsp3) is 0.909. The van der Waals surface area contributed by atoms with Gasteiger partial charge in [-0.25, -0.2) is 0 Å². The second kappa shape index (κ2) is 6.44. The summed E-state index contributed by atoms with van der Waals surface area (Å²) >= 11 is 0. The van der Waals surface area contributed by atoms with Crippen molar-refractivity contribution in [1.82, 2.24) is 5.32 Å². The number of rotatable bonds is 4. The van der Waals surface area contributed by atoms with Crippen LogP contribution >= 0.6 is 0 Å². The van der Waals surface area contributed by atoms with Crippen molar-refractivity contribution in [1.29, 1.82) is 0 Å². The Balaban J connectivity index is 2.61. The van der Waals surface area contributed by atoms with E-state index in [2.05, 4.69) is 5.32 Å². The van der Waals surface area contributed by atoms with Gasteiger partial charge in [0.15, 0.2) is 6.23 Å². The molecular weight excluding hydrogens is 242 g/mol. The molecular formula is C11H21NO6. The summed E-state index contributed by atoms with van der Waals surface area (Å²) in [5.74, 6) is -0.177. The first-order chi connectivity index (χ1) is 8.36. The standard InChI is InChI=1S/C11H21NO6/c1-5(2)3-7(14)12-11-10(17)9(16)8(15)6(4-13)18-11/h5-6,8-11,13,15-17H,3-4H2,1-2H3,(H,12,14)/t6-,8-,9?,10?,11-/m1/s1. The summed E-state index contributed by atoms with van der Waals surface area (Å²) in [5, 5.41) is 40.1. The van der Waals surface area contributed by atoms with Crippen LogP contribution in [0.15, 0.2) is 0 Å². The van der Waals surface area contributed by atoms with E-state index in [1.807, 2.05) is 13.8 Å².